The molecule has 1 unspecified atom stereocenters. The zero-order valence-electron chi connectivity index (χ0n) is 17.9. The fourth-order valence-electron chi connectivity index (χ4n) is 3.18. The normalized spacial score (nSPS) is 11.8. The highest BCUT2D eigenvalue weighted by Gasteiger charge is 2.12. The van der Waals surface area contributed by atoms with Crippen molar-refractivity contribution in [1.29, 1.82) is 0 Å². The molecule has 1 amide bonds. The van der Waals surface area contributed by atoms with E-state index in [2.05, 4.69) is 36.0 Å². The molecule has 0 aliphatic carbocycles. The summed E-state index contributed by atoms with van der Waals surface area (Å²) in [6.45, 7) is 4.59. The number of hydrogen-bond donors (Lipinski definition) is 2. The van der Waals surface area contributed by atoms with Gasteiger partial charge in [0.1, 0.15) is 18.3 Å². The Balaban J connectivity index is 1.44. The summed E-state index contributed by atoms with van der Waals surface area (Å²) in [6, 6.07) is 16.1. The first-order chi connectivity index (χ1) is 15.6. The van der Waals surface area contributed by atoms with E-state index in [1.165, 1.54) is 6.33 Å². The highest BCUT2D eigenvalue weighted by molar-refractivity contribution is 5.80. The van der Waals surface area contributed by atoms with Crippen LogP contribution < -0.4 is 5.32 Å². The van der Waals surface area contributed by atoms with Crippen molar-refractivity contribution in [2.24, 2.45) is 0 Å². The van der Waals surface area contributed by atoms with Crippen LogP contribution in [-0.4, -0.2) is 47.6 Å². The molecule has 2 aromatic heterocycles. The van der Waals surface area contributed by atoms with Crippen molar-refractivity contribution in [1.82, 2.24) is 40.7 Å². The lowest BCUT2D eigenvalue weighted by Gasteiger charge is -2.12. The Bertz CT molecular complexity index is 1150. The summed E-state index contributed by atoms with van der Waals surface area (Å²) in [5, 5.41) is 21.3. The highest BCUT2D eigenvalue weighted by Crippen LogP contribution is 2.29. The fraction of sp³-hybridized carbons (Fsp3) is 0.273. The molecule has 0 radical (unpaired) electrons. The number of hydrogen-bond acceptors (Lipinski definition) is 7. The van der Waals surface area contributed by atoms with Crippen LogP contribution in [-0.2, 0) is 17.8 Å². The van der Waals surface area contributed by atoms with Crippen LogP contribution in [0.3, 0.4) is 0 Å². The van der Waals surface area contributed by atoms with E-state index in [1.807, 2.05) is 62.4 Å². The van der Waals surface area contributed by atoms with Gasteiger partial charge in [0.2, 0.25) is 5.82 Å². The van der Waals surface area contributed by atoms with E-state index in [9.17, 15) is 4.79 Å². The van der Waals surface area contributed by atoms with E-state index >= 15 is 0 Å². The number of nitrogens with zero attached hydrogens (tertiary/aromatic N) is 6. The topological polar surface area (TPSA) is 123 Å². The Labute approximate surface area is 185 Å². The molecule has 2 aromatic carbocycles. The first-order valence-corrected chi connectivity index (χ1v) is 10.4. The second kappa shape index (κ2) is 9.82. The third-order valence-electron chi connectivity index (χ3n) is 5.08. The van der Waals surface area contributed by atoms with Crippen LogP contribution in [0.4, 0.5) is 4.79 Å². The lowest BCUT2D eigenvalue weighted by atomic mass is 9.98. The maximum absolute atomic E-state index is 11.9. The van der Waals surface area contributed by atoms with Gasteiger partial charge >= 0.3 is 6.09 Å². The molecular weight excluding hydrogens is 408 g/mol. The van der Waals surface area contributed by atoms with Crippen LogP contribution in [0.15, 0.2) is 54.9 Å². The number of nitrogens with one attached hydrogen (secondary N) is 2. The average molecular weight is 432 g/mol. The molecular formula is C22H24N8O2. The molecule has 0 bridgehead atoms. The maximum atomic E-state index is 11.9. The lowest BCUT2D eigenvalue weighted by Crippen LogP contribution is -2.28. The Kier molecular flexibility index (Phi) is 6.49. The third-order valence-corrected chi connectivity index (χ3v) is 5.08. The fourth-order valence-corrected chi connectivity index (χ4v) is 3.18. The SMILES string of the molecule is CCC(C)OC(=O)NCc1ncnn1Cc1ccc(-c2ccccc2-c2nn[nH]n2)cc1. The minimum Gasteiger partial charge on any atom is -0.447 e. The Morgan fingerprint density at radius 3 is 2.66 bits per heavy atom. The number of ether oxygens (including phenoxy) is 1. The average Bonchev–Trinajstić information content (AvgIpc) is 3.50. The maximum Gasteiger partial charge on any atom is 0.407 e. The molecule has 0 aliphatic rings. The van der Waals surface area contributed by atoms with Crippen LogP contribution in [0.1, 0.15) is 31.7 Å². The molecule has 0 saturated carbocycles. The van der Waals surface area contributed by atoms with Gasteiger partial charge in [-0.25, -0.2) is 14.5 Å². The minimum absolute atomic E-state index is 0.128. The van der Waals surface area contributed by atoms with Gasteiger partial charge in [0, 0.05) is 5.56 Å². The predicted octanol–water partition coefficient (Wildman–Crippen LogP) is 3.20. The predicted molar refractivity (Wildman–Crippen MR) is 117 cm³/mol. The zero-order valence-corrected chi connectivity index (χ0v) is 17.9. The largest absolute Gasteiger partial charge is 0.447 e. The molecule has 4 aromatic rings. The van der Waals surface area contributed by atoms with Crippen molar-refractivity contribution >= 4 is 6.09 Å². The van der Waals surface area contributed by atoms with E-state index in [0.29, 0.717) is 18.2 Å². The number of aromatic amines is 1. The van der Waals surface area contributed by atoms with E-state index < -0.39 is 6.09 Å². The number of aromatic nitrogens is 7. The highest BCUT2D eigenvalue weighted by atomic mass is 16.6. The first kappa shape index (κ1) is 21.2. The van der Waals surface area contributed by atoms with E-state index in [1.54, 1.807) is 4.68 Å². The van der Waals surface area contributed by atoms with Gasteiger partial charge in [0.05, 0.1) is 13.1 Å². The van der Waals surface area contributed by atoms with Gasteiger partial charge in [-0.1, -0.05) is 55.5 Å². The van der Waals surface area contributed by atoms with Crippen molar-refractivity contribution in [3.8, 4) is 22.5 Å². The first-order valence-electron chi connectivity index (χ1n) is 10.4. The number of H-pyrrole nitrogens is 1. The van der Waals surface area contributed by atoms with Gasteiger partial charge in [0.15, 0.2) is 0 Å². The molecule has 1 atom stereocenters. The van der Waals surface area contributed by atoms with Gasteiger partial charge < -0.3 is 10.1 Å². The molecule has 10 heteroatoms. The number of alkyl carbamates (subject to hydrolysis) is 1. The summed E-state index contributed by atoms with van der Waals surface area (Å²) in [4.78, 5) is 16.1. The van der Waals surface area contributed by atoms with Crippen LogP contribution in [0, 0.1) is 0 Å². The van der Waals surface area contributed by atoms with Gasteiger partial charge in [-0.15, -0.1) is 10.2 Å². The summed E-state index contributed by atoms with van der Waals surface area (Å²) in [6.07, 6.45) is 1.65. The lowest BCUT2D eigenvalue weighted by molar-refractivity contribution is 0.104. The van der Waals surface area contributed by atoms with Crippen molar-refractivity contribution in [2.45, 2.75) is 39.5 Å². The van der Waals surface area contributed by atoms with Gasteiger partial charge in [-0.3, -0.25) is 0 Å². The second-order valence-corrected chi connectivity index (χ2v) is 7.29. The van der Waals surface area contributed by atoms with Crippen LogP contribution in [0.5, 0.6) is 0 Å². The number of rotatable bonds is 8. The summed E-state index contributed by atoms with van der Waals surface area (Å²) in [7, 11) is 0. The van der Waals surface area contributed by atoms with Crippen molar-refractivity contribution < 1.29 is 9.53 Å². The van der Waals surface area contributed by atoms with E-state index in [-0.39, 0.29) is 12.6 Å². The Morgan fingerprint density at radius 2 is 1.94 bits per heavy atom. The summed E-state index contributed by atoms with van der Waals surface area (Å²) < 4.78 is 6.98. The summed E-state index contributed by atoms with van der Waals surface area (Å²) in [5.74, 6) is 1.20. The number of benzene rings is 2. The monoisotopic (exact) mass is 432 g/mol. The van der Waals surface area contributed by atoms with E-state index in [0.717, 1.165) is 28.7 Å². The van der Waals surface area contributed by atoms with Gasteiger partial charge in [-0.2, -0.15) is 10.3 Å². The smallest absolute Gasteiger partial charge is 0.407 e. The Morgan fingerprint density at radius 1 is 1.16 bits per heavy atom. The van der Waals surface area contributed by atoms with Crippen LogP contribution >= 0.6 is 0 Å². The number of tetrazole rings is 1. The van der Waals surface area contributed by atoms with Gasteiger partial charge in [0.25, 0.3) is 0 Å². The molecule has 2 N–H and O–H groups in total. The summed E-state index contributed by atoms with van der Waals surface area (Å²) >= 11 is 0. The molecule has 4 rings (SSSR count). The summed E-state index contributed by atoms with van der Waals surface area (Å²) in [5.41, 5.74) is 4.02. The molecule has 10 nitrogen and oxygen atoms in total. The van der Waals surface area contributed by atoms with Gasteiger partial charge in [-0.05, 0) is 35.2 Å². The van der Waals surface area contributed by atoms with E-state index in [4.69, 9.17) is 4.74 Å². The molecule has 32 heavy (non-hydrogen) atoms. The second-order valence-electron chi connectivity index (χ2n) is 7.29. The third kappa shape index (κ3) is 4.97. The van der Waals surface area contributed by atoms with Crippen LogP contribution in [0.25, 0.3) is 22.5 Å². The molecule has 0 aliphatic heterocycles. The van der Waals surface area contributed by atoms with Crippen LogP contribution in [0.2, 0.25) is 0 Å². The number of carbonyl (C=O) groups excluding carboxylic acids is 1. The van der Waals surface area contributed by atoms with Crippen molar-refractivity contribution in [3.05, 3.63) is 66.2 Å². The van der Waals surface area contributed by atoms with Crippen molar-refractivity contribution in [3.63, 3.8) is 0 Å². The molecule has 164 valence electrons. The number of carbonyl (C=O) groups is 1. The number of amides is 1. The molecule has 0 spiro atoms. The zero-order chi connectivity index (χ0) is 22.3. The Hall–Kier alpha value is -4.08. The molecule has 0 saturated heterocycles. The molecule has 0 fully saturated rings. The molecule has 2 heterocycles. The minimum atomic E-state index is -0.460. The standard InChI is InChI=1S/C22H24N8O2/c1-3-15(2)32-22(31)23-12-20-24-14-25-30(20)13-16-8-10-17(11-9-16)18-6-4-5-7-19(18)21-26-28-29-27-21/h4-11,14-15H,3,12-13H2,1-2H3,(H,23,31)(H,26,27,28,29). The quantitative estimate of drug-likeness (QED) is 0.438. The van der Waals surface area contributed by atoms with Crippen molar-refractivity contribution in [2.75, 3.05) is 0 Å².